The molecule has 12 heteroatoms. The van der Waals surface area contributed by atoms with E-state index in [-0.39, 0.29) is 24.7 Å². The second-order valence-electron chi connectivity index (χ2n) is 15.7. The quantitative estimate of drug-likeness (QED) is 0.255. The average molecular weight is 733 g/mol. The van der Waals surface area contributed by atoms with Gasteiger partial charge in [0.2, 0.25) is 11.8 Å². The minimum Gasteiger partial charge on any atom is -0.491 e. The van der Waals surface area contributed by atoms with E-state index < -0.39 is 41.4 Å². The molecule has 0 unspecified atom stereocenters. The number of aldehydes is 1. The number of fused-ring (bicyclic) bond motifs is 1. The van der Waals surface area contributed by atoms with Gasteiger partial charge in [0.15, 0.2) is 0 Å². The number of amides is 4. The van der Waals surface area contributed by atoms with E-state index in [0.717, 1.165) is 49.0 Å². The van der Waals surface area contributed by atoms with E-state index in [2.05, 4.69) is 10.6 Å². The standard InChI is InChI=1S/C41H56N4O8/c1-40(2,3)53-39(50)44-22-20-41(21-23-44,27-31-14-8-5-9-15-31)52-38(49)43-34(26-30-12-6-4-7-13-30)37(48)42-33(29-46)18-19-36(47)45-24-25-51-35-17-11-10-16-32(35)28-45/h5,8-11,14-17,29-30,33-34H,4,6-7,12-13,18-28H2,1-3H3,(H,42,48)(H,43,49)/t33-,34-/m0/s1. The Balaban J connectivity index is 1.23. The second-order valence-corrected chi connectivity index (χ2v) is 15.7. The first-order valence-electron chi connectivity index (χ1n) is 19.2. The number of likely N-dealkylation sites (tertiary alicyclic amines) is 1. The molecule has 4 amide bonds. The lowest BCUT2D eigenvalue weighted by atomic mass is 9.84. The highest BCUT2D eigenvalue weighted by Gasteiger charge is 2.41. The van der Waals surface area contributed by atoms with Gasteiger partial charge in [0, 0.05) is 50.9 Å². The number of para-hydroxylation sites is 1. The summed E-state index contributed by atoms with van der Waals surface area (Å²) in [4.78, 5) is 69.2. The van der Waals surface area contributed by atoms with E-state index in [0.29, 0.717) is 64.8 Å². The Kier molecular flexibility index (Phi) is 13.8. The number of rotatable bonds is 12. The molecular formula is C41H56N4O8. The van der Waals surface area contributed by atoms with Crippen molar-refractivity contribution in [2.75, 3.05) is 26.2 Å². The van der Waals surface area contributed by atoms with Gasteiger partial charge in [-0.3, -0.25) is 9.59 Å². The van der Waals surface area contributed by atoms with E-state index in [4.69, 9.17) is 14.2 Å². The van der Waals surface area contributed by atoms with Crippen molar-refractivity contribution in [3.63, 3.8) is 0 Å². The molecule has 0 radical (unpaired) electrons. The Morgan fingerprint density at radius 2 is 1.62 bits per heavy atom. The number of carbonyl (C=O) groups is 5. The van der Waals surface area contributed by atoms with Crippen molar-refractivity contribution in [1.29, 1.82) is 0 Å². The summed E-state index contributed by atoms with van der Waals surface area (Å²) in [6.45, 7) is 7.37. The summed E-state index contributed by atoms with van der Waals surface area (Å²) < 4.78 is 17.6. The fraction of sp³-hybridized carbons (Fsp3) is 0.585. The molecule has 2 aromatic carbocycles. The van der Waals surface area contributed by atoms with Crippen molar-refractivity contribution < 1.29 is 38.2 Å². The molecule has 2 fully saturated rings. The molecule has 5 rings (SSSR count). The molecule has 2 N–H and O–H groups in total. The number of carbonyl (C=O) groups excluding carboxylic acids is 5. The van der Waals surface area contributed by atoms with Gasteiger partial charge in [-0.25, -0.2) is 9.59 Å². The number of benzene rings is 2. The SMILES string of the molecule is CC(C)(C)OC(=O)N1CCC(Cc2ccccc2)(OC(=O)N[C@@H](CC2CCCCC2)C(=O)N[C@H](C=O)CCC(=O)N2CCOc3ccccc3C2)CC1. The zero-order chi connectivity index (χ0) is 37.8. The first-order valence-corrected chi connectivity index (χ1v) is 19.2. The van der Waals surface area contributed by atoms with Gasteiger partial charge in [0.25, 0.3) is 0 Å². The monoisotopic (exact) mass is 732 g/mol. The maximum atomic E-state index is 13.8. The molecule has 288 valence electrons. The lowest BCUT2D eigenvalue weighted by Gasteiger charge is -2.41. The smallest absolute Gasteiger partial charge is 0.410 e. The average Bonchev–Trinajstić information content (AvgIpc) is 3.36. The van der Waals surface area contributed by atoms with Crippen LogP contribution in [0.1, 0.15) is 96.1 Å². The lowest BCUT2D eigenvalue weighted by molar-refractivity contribution is -0.133. The van der Waals surface area contributed by atoms with Gasteiger partial charge >= 0.3 is 12.2 Å². The Hall–Kier alpha value is -4.61. The summed E-state index contributed by atoms with van der Waals surface area (Å²) >= 11 is 0. The third kappa shape index (κ3) is 11.9. The van der Waals surface area contributed by atoms with Crippen LogP contribution < -0.4 is 15.4 Å². The van der Waals surface area contributed by atoms with Crippen LogP contribution in [0.2, 0.25) is 0 Å². The van der Waals surface area contributed by atoms with Gasteiger partial charge in [0.05, 0.1) is 12.6 Å². The third-order valence-corrected chi connectivity index (χ3v) is 10.4. The number of piperidine rings is 1. The van der Waals surface area contributed by atoms with Crippen LogP contribution in [0.25, 0.3) is 0 Å². The highest BCUT2D eigenvalue weighted by atomic mass is 16.6. The van der Waals surface area contributed by atoms with E-state index in [1.165, 1.54) is 0 Å². The summed E-state index contributed by atoms with van der Waals surface area (Å²) in [7, 11) is 0. The van der Waals surface area contributed by atoms with Gasteiger partial charge in [0.1, 0.15) is 35.9 Å². The fourth-order valence-corrected chi connectivity index (χ4v) is 7.50. The van der Waals surface area contributed by atoms with E-state index in [1.54, 1.807) is 9.80 Å². The number of nitrogens with one attached hydrogen (secondary N) is 2. The first-order chi connectivity index (χ1) is 25.4. The first kappa shape index (κ1) is 39.6. The van der Waals surface area contributed by atoms with Crippen molar-refractivity contribution in [2.45, 2.75) is 121 Å². The Morgan fingerprint density at radius 3 is 2.32 bits per heavy atom. The van der Waals surface area contributed by atoms with Gasteiger partial charge in [-0.05, 0) is 51.2 Å². The number of hydrogen-bond acceptors (Lipinski definition) is 8. The largest absolute Gasteiger partial charge is 0.491 e. The molecule has 2 aromatic rings. The van der Waals surface area contributed by atoms with Gasteiger partial charge in [-0.2, -0.15) is 0 Å². The number of alkyl carbamates (subject to hydrolysis) is 1. The number of nitrogens with zero attached hydrogens (tertiary/aromatic N) is 2. The van der Waals surface area contributed by atoms with Crippen LogP contribution in [0.4, 0.5) is 9.59 Å². The Labute approximate surface area is 313 Å². The normalized spacial score (nSPS) is 18.6. The minimum absolute atomic E-state index is 0.0664. The molecule has 0 spiro atoms. The molecule has 2 atom stereocenters. The third-order valence-electron chi connectivity index (χ3n) is 10.4. The molecular weight excluding hydrogens is 676 g/mol. The molecule has 2 aliphatic heterocycles. The summed E-state index contributed by atoms with van der Waals surface area (Å²) in [6.07, 6.45) is 6.52. The van der Waals surface area contributed by atoms with E-state index in [9.17, 15) is 24.0 Å². The van der Waals surface area contributed by atoms with Crippen molar-refractivity contribution in [1.82, 2.24) is 20.4 Å². The highest BCUT2D eigenvalue weighted by molar-refractivity contribution is 5.88. The van der Waals surface area contributed by atoms with E-state index >= 15 is 0 Å². The van der Waals surface area contributed by atoms with Gasteiger partial charge < -0.3 is 39.4 Å². The molecule has 1 saturated carbocycles. The summed E-state index contributed by atoms with van der Waals surface area (Å²) in [5, 5.41) is 5.67. The molecule has 53 heavy (non-hydrogen) atoms. The molecule has 0 bridgehead atoms. The highest BCUT2D eigenvalue weighted by Crippen LogP contribution is 2.32. The fourth-order valence-electron chi connectivity index (χ4n) is 7.50. The zero-order valence-corrected chi connectivity index (χ0v) is 31.5. The molecule has 12 nitrogen and oxygen atoms in total. The molecule has 1 aliphatic carbocycles. The van der Waals surface area contributed by atoms with Crippen molar-refractivity contribution in [3.8, 4) is 5.75 Å². The van der Waals surface area contributed by atoms with Gasteiger partial charge in [-0.1, -0.05) is 80.6 Å². The van der Waals surface area contributed by atoms with Crippen LogP contribution in [0, 0.1) is 5.92 Å². The Bertz CT molecular complexity index is 1550. The zero-order valence-electron chi connectivity index (χ0n) is 31.5. The summed E-state index contributed by atoms with van der Waals surface area (Å²) in [5.41, 5.74) is 0.359. The van der Waals surface area contributed by atoms with E-state index in [1.807, 2.05) is 75.4 Å². The van der Waals surface area contributed by atoms with Crippen LogP contribution in [-0.2, 0) is 36.8 Å². The van der Waals surface area contributed by atoms with Crippen molar-refractivity contribution in [2.24, 2.45) is 5.92 Å². The number of hydrogen-bond donors (Lipinski definition) is 2. The topological polar surface area (TPSA) is 144 Å². The maximum Gasteiger partial charge on any atom is 0.410 e. The van der Waals surface area contributed by atoms with Crippen LogP contribution >= 0.6 is 0 Å². The van der Waals surface area contributed by atoms with Crippen LogP contribution in [0.5, 0.6) is 5.75 Å². The molecule has 3 aliphatic rings. The molecule has 0 aromatic heterocycles. The summed E-state index contributed by atoms with van der Waals surface area (Å²) in [6, 6.07) is 15.5. The van der Waals surface area contributed by atoms with Crippen molar-refractivity contribution >= 4 is 30.3 Å². The maximum absolute atomic E-state index is 13.8. The van der Waals surface area contributed by atoms with Crippen LogP contribution in [0.3, 0.4) is 0 Å². The van der Waals surface area contributed by atoms with Crippen LogP contribution in [0.15, 0.2) is 54.6 Å². The predicted octanol–water partition coefficient (Wildman–Crippen LogP) is 5.95. The van der Waals surface area contributed by atoms with Crippen molar-refractivity contribution in [3.05, 3.63) is 65.7 Å². The minimum atomic E-state index is -0.932. The molecule has 1 saturated heterocycles. The lowest BCUT2D eigenvalue weighted by Crippen LogP contribution is -2.55. The van der Waals surface area contributed by atoms with Crippen LogP contribution in [-0.4, -0.2) is 89.6 Å². The molecule has 2 heterocycles. The summed E-state index contributed by atoms with van der Waals surface area (Å²) in [5.74, 6) is 0.381. The van der Waals surface area contributed by atoms with Gasteiger partial charge in [-0.15, -0.1) is 0 Å². The Morgan fingerprint density at radius 1 is 0.925 bits per heavy atom. The second kappa shape index (κ2) is 18.4. The predicted molar refractivity (Wildman–Crippen MR) is 199 cm³/mol. The number of ether oxygens (including phenoxy) is 3.